The summed E-state index contributed by atoms with van der Waals surface area (Å²) >= 11 is 12.3. The second kappa shape index (κ2) is 11.8. The van der Waals surface area contributed by atoms with Crippen molar-refractivity contribution in [3.8, 4) is 0 Å². The first-order valence-electron chi connectivity index (χ1n) is 9.71. The third-order valence-corrected chi connectivity index (χ3v) is 5.66. The Hall–Kier alpha value is -1.42. The van der Waals surface area contributed by atoms with E-state index in [-0.39, 0.29) is 0 Å². The highest BCUT2D eigenvalue weighted by Crippen LogP contribution is 2.31. The maximum Gasteiger partial charge on any atom is 0.335 e. The van der Waals surface area contributed by atoms with Gasteiger partial charge in [-0.2, -0.15) is 0 Å². The van der Waals surface area contributed by atoms with Crippen molar-refractivity contribution in [2.75, 3.05) is 26.2 Å². The molecule has 0 aromatic heterocycles. The third-order valence-electron chi connectivity index (χ3n) is 5.07. The Kier molecular flexibility index (Phi) is 10.5. The van der Waals surface area contributed by atoms with Gasteiger partial charge in [-0.05, 0) is 12.1 Å². The summed E-state index contributed by atoms with van der Waals surface area (Å²) in [4.78, 5) is 19.5. The number of halogens is 2. The van der Waals surface area contributed by atoms with E-state index >= 15 is 0 Å². The molecule has 1 aromatic rings. The first-order chi connectivity index (χ1) is 13.9. The summed E-state index contributed by atoms with van der Waals surface area (Å²) in [5.74, 6) is -2.21. The molecule has 8 nitrogen and oxygen atoms in total. The van der Waals surface area contributed by atoms with Gasteiger partial charge in [0.2, 0.25) is 0 Å². The summed E-state index contributed by atoms with van der Waals surface area (Å²) < 4.78 is 1.11. The topological polar surface area (TPSA) is 141 Å². The monoisotopic (exact) mass is 465 g/mol. The molecule has 3 unspecified atom stereocenters. The number of aliphatic hydroxyl groups excluding tert-OH is 2. The number of benzene rings is 1. The van der Waals surface area contributed by atoms with Crippen LogP contribution in [0, 0.1) is 11.8 Å². The van der Waals surface area contributed by atoms with Crippen LogP contribution < -0.4 is 5.73 Å². The van der Waals surface area contributed by atoms with E-state index in [0.29, 0.717) is 16.9 Å². The number of nitrogens with zero attached hydrogens (tertiary/aromatic N) is 1. The molecule has 0 radical (unpaired) electrons. The van der Waals surface area contributed by atoms with Gasteiger partial charge in [0.15, 0.2) is 12.2 Å². The highest BCUT2D eigenvalue weighted by atomic mass is 35.5. The van der Waals surface area contributed by atoms with Gasteiger partial charge < -0.3 is 30.6 Å². The molecule has 0 saturated carbocycles. The smallest absolute Gasteiger partial charge is 0.335 e. The second-order valence-electron chi connectivity index (χ2n) is 8.17. The lowest BCUT2D eigenvalue weighted by molar-refractivity contribution is -0.933. The number of quaternary nitrogens is 1. The quantitative estimate of drug-likeness (QED) is 0.368. The first-order valence-corrected chi connectivity index (χ1v) is 10.5. The molecule has 1 saturated heterocycles. The Balaban J connectivity index is 0.000000382. The Morgan fingerprint density at radius 1 is 1.17 bits per heavy atom. The molecular weight excluding hydrogens is 435 g/mol. The summed E-state index contributed by atoms with van der Waals surface area (Å²) in [5.41, 5.74) is 7.08. The number of aliphatic carboxylic acids is 2. The molecule has 170 valence electrons. The van der Waals surface area contributed by atoms with Gasteiger partial charge in [0.1, 0.15) is 6.54 Å². The number of carboxylic acids is 2. The molecule has 2 rings (SSSR count). The number of carbonyl (C=O) groups is 2. The molecule has 30 heavy (non-hydrogen) atoms. The lowest BCUT2D eigenvalue weighted by Gasteiger charge is -2.36. The van der Waals surface area contributed by atoms with E-state index in [0.717, 1.165) is 22.6 Å². The summed E-state index contributed by atoms with van der Waals surface area (Å²) in [6.45, 7) is 9.94. The van der Waals surface area contributed by atoms with Gasteiger partial charge in [-0.25, -0.2) is 9.59 Å². The molecular formula is C20H31Cl2N2O6+. The summed E-state index contributed by atoms with van der Waals surface area (Å²) in [6.07, 6.45) is -3.30. The number of rotatable bonds is 8. The maximum absolute atomic E-state index is 9.77. The van der Waals surface area contributed by atoms with Gasteiger partial charge >= 0.3 is 11.9 Å². The summed E-state index contributed by atoms with van der Waals surface area (Å²) in [7, 11) is 0. The average molecular weight is 466 g/mol. The molecule has 1 aliphatic rings. The van der Waals surface area contributed by atoms with Crippen molar-refractivity contribution >= 4 is 35.1 Å². The Morgan fingerprint density at radius 3 is 2.13 bits per heavy atom. The van der Waals surface area contributed by atoms with Crippen LogP contribution in [0.2, 0.25) is 10.0 Å². The highest BCUT2D eigenvalue weighted by Gasteiger charge is 2.38. The number of carboxylic acid groups (broad SMARTS) is 2. The molecule has 4 atom stereocenters. The fourth-order valence-electron chi connectivity index (χ4n) is 3.81. The zero-order valence-corrected chi connectivity index (χ0v) is 18.7. The van der Waals surface area contributed by atoms with Gasteiger partial charge in [0, 0.05) is 35.4 Å². The van der Waals surface area contributed by atoms with Crippen LogP contribution in [0.3, 0.4) is 0 Å². The van der Waals surface area contributed by atoms with E-state index < -0.39 is 24.1 Å². The number of aliphatic hydroxyl groups is 2. The van der Waals surface area contributed by atoms with E-state index in [2.05, 4.69) is 19.9 Å². The van der Waals surface area contributed by atoms with E-state index in [9.17, 15) is 9.59 Å². The Labute approximate surface area is 186 Å². The largest absolute Gasteiger partial charge is 0.479 e. The van der Waals surface area contributed by atoms with Gasteiger partial charge in [-0.15, -0.1) is 0 Å². The van der Waals surface area contributed by atoms with Crippen molar-refractivity contribution in [3.63, 3.8) is 0 Å². The zero-order chi connectivity index (χ0) is 23.1. The van der Waals surface area contributed by atoms with Crippen molar-refractivity contribution in [2.45, 2.75) is 39.0 Å². The molecule has 10 heteroatoms. The van der Waals surface area contributed by atoms with Crippen LogP contribution in [-0.2, 0) is 16.1 Å². The molecule has 1 heterocycles. The molecule has 0 amide bonds. The summed E-state index contributed by atoms with van der Waals surface area (Å²) in [6, 6.07) is 5.85. The SMILES string of the molecule is CC(C)C[N+]1(Cc2ccc(Cl)cc2Cl)CC[C@H](CN)C1.O=C(O)C(O)C(O)C(=O)O. The van der Waals surface area contributed by atoms with Crippen LogP contribution in [0.1, 0.15) is 25.8 Å². The fourth-order valence-corrected chi connectivity index (χ4v) is 4.28. The van der Waals surface area contributed by atoms with Crippen LogP contribution in [0.15, 0.2) is 18.2 Å². The van der Waals surface area contributed by atoms with Crippen LogP contribution in [0.4, 0.5) is 0 Å². The number of nitrogens with two attached hydrogens (primary N) is 1. The molecule has 0 bridgehead atoms. The van der Waals surface area contributed by atoms with Gasteiger partial charge in [-0.3, -0.25) is 0 Å². The molecule has 0 spiro atoms. The van der Waals surface area contributed by atoms with Crippen molar-refractivity contribution < 1.29 is 34.5 Å². The fraction of sp³-hybridized carbons (Fsp3) is 0.600. The van der Waals surface area contributed by atoms with Crippen LogP contribution >= 0.6 is 23.2 Å². The van der Waals surface area contributed by atoms with Crippen molar-refractivity contribution in [1.29, 1.82) is 0 Å². The van der Waals surface area contributed by atoms with E-state index in [4.69, 9.17) is 49.4 Å². The minimum Gasteiger partial charge on any atom is -0.479 e. The van der Waals surface area contributed by atoms with Crippen LogP contribution in [0.25, 0.3) is 0 Å². The van der Waals surface area contributed by atoms with Crippen molar-refractivity contribution in [2.24, 2.45) is 17.6 Å². The minimum absolute atomic E-state index is 0.653. The first kappa shape index (κ1) is 26.6. The number of hydrogen-bond donors (Lipinski definition) is 5. The van der Waals surface area contributed by atoms with Gasteiger partial charge in [0.05, 0.1) is 24.7 Å². The van der Waals surface area contributed by atoms with Crippen LogP contribution in [-0.4, -0.2) is 75.2 Å². The Bertz CT molecular complexity index is 715. The standard InChI is InChI=1S/C16H25Cl2N2.C4H6O6/c1-12(2)9-20(6-5-13(8-19)10-20)11-14-3-4-15(17)7-16(14)18;5-1(3(7)8)2(6)4(9)10/h3-4,7,12-13H,5-6,8-11,19H2,1-2H3;1-2,5-6H,(H,7,8)(H,9,10)/q+1;/t13-,20?;/m1./s1. The van der Waals surface area contributed by atoms with Gasteiger partial charge in [-0.1, -0.05) is 43.1 Å². The van der Waals surface area contributed by atoms with E-state index in [1.807, 2.05) is 12.1 Å². The molecule has 1 aromatic carbocycles. The van der Waals surface area contributed by atoms with Gasteiger partial charge in [0.25, 0.3) is 0 Å². The zero-order valence-electron chi connectivity index (χ0n) is 17.2. The lowest BCUT2D eigenvalue weighted by Crippen LogP contribution is -2.48. The molecule has 6 N–H and O–H groups in total. The minimum atomic E-state index is -2.27. The number of hydrogen-bond acceptors (Lipinski definition) is 5. The van der Waals surface area contributed by atoms with Crippen molar-refractivity contribution in [1.82, 2.24) is 0 Å². The normalized spacial score (nSPS) is 22.9. The van der Waals surface area contributed by atoms with E-state index in [1.54, 1.807) is 0 Å². The highest BCUT2D eigenvalue weighted by molar-refractivity contribution is 6.35. The molecule has 0 aliphatic carbocycles. The number of likely N-dealkylation sites (tertiary alicyclic amines) is 1. The van der Waals surface area contributed by atoms with Crippen LogP contribution in [0.5, 0.6) is 0 Å². The second-order valence-corrected chi connectivity index (χ2v) is 9.02. The average Bonchev–Trinajstić information content (AvgIpc) is 3.05. The maximum atomic E-state index is 9.77. The van der Waals surface area contributed by atoms with E-state index in [1.165, 1.54) is 31.6 Å². The molecule has 1 aliphatic heterocycles. The Morgan fingerprint density at radius 2 is 1.73 bits per heavy atom. The van der Waals surface area contributed by atoms with Crippen molar-refractivity contribution in [3.05, 3.63) is 33.8 Å². The third kappa shape index (κ3) is 8.02. The predicted octanol–water partition coefficient (Wildman–Crippen LogP) is 1.82. The lowest BCUT2D eigenvalue weighted by atomic mass is 10.1. The molecule has 1 fully saturated rings. The predicted molar refractivity (Wildman–Crippen MR) is 114 cm³/mol. The summed E-state index contributed by atoms with van der Waals surface area (Å²) in [5, 5.41) is 34.0.